The predicted octanol–water partition coefficient (Wildman–Crippen LogP) is 0.759. The predicted molar refractivity (Wildman–Crippen MR) is 61.5 cm³/mol. The Bertz CT molecular complexity index is 370. The average Bonchev–Trinajstić information content (AvgIpc) is 2.32. The first-order valence-corrected chi connectivity index (χ1v) is 5.19. The number of amides is 1. The van der Waals surface area contributed by atoms with E-state index in [0.29, 0.717) is 13.0 Å². The molecule has 4 heteroatoms. The zero-order valence-corrected chi connectivity index (χ0v) is 9.02. The first-order chi connectivity index (χ1) is 7.79. The van der Waals surface area contributed by atoms with Gasteiger partial charge in [-0.25, -0.2) is 0 Å². The minimum atomic E-state index is -0.333. The van der Waals surface area contributed by atoms with Crippen LogP contribution in [0.2, 0.25) is 0 Å². The van der Waals surface area contributed by atoms with Gasteiger partial charge in [0.05, 0.1) is 18.4 Å². The first-order valence-electron chi connectivity index (χ1n) is 5.19. The minimum Gasteiger partial charge on any atom is -0.354 e. The fourth-order valence-electron chi connectivity index (χ4n) is 1.44. The lowest BCUT2D eigenvalue weighted by Gasteiger charge is -2.14. The summed E-state index contributed by atoms with van der Waals surface area (Å²) in [5.74, 6) is -0.455. The molecule has 0 fully saturated rings. The van der Waals surface area contributed by atoms with Crippen LogP contribution < -0.4 is 11.1 Å². The Labute approximate surface area is 95.1 Å². The zero-order valence-electron chi connectivity index (χ0n) is 9.02. The molecule has 3 N–H and O–H groups in total. The van der Waals surface area contributed by atoms with Gasteiger partial charge >= 0.3 is 0 Å². The number of rotatable bonds is 5. The van der Waals surface area contributed by atoms with Gasteiger partial charge in [0.1, 0.15) is 0 Å². The van der Waals surface area contributed by atoms with E-state index in [1.165, 1.54) is 0 Å². The molecular formula is C12H15N3O. The van der Waals surface area contributed by atoms with E-state index in [0.717, 1.165) is 5.56 Å². The van der Waals surface area contributed by atoms with E-state index in [1.807, 2.05) is 36.4 Å². The van der Waals surface area contributed by atoms with Crippen LogP contribution in [0.15, 0.2) is 30.3 Å². The highest BCUT2D eigenvalue weighted by Crippen LogP contribution is 2.13. The van der Waals surface area contributed by atoms with E-state index >= 15 is 0 Å². The average molecular weight is 217 g/mol. The molecule has 1 atom stereocenters. The largest absolute Gasteiger partial charge is 0.354 e. The molecule has 84 valence electrons. The van der Waals surface area contributed by atoms with Gasteiger partial charge in [-0.15, -0.1) is 0 Å². The molecule has 0 saturated heterocycles. The molecule has 0 saturated carbocycles. The molecule has 1 aromatic rings. The monoisotopic (exact) mass is 217 g/mol. The molecule has 1 amide bonds. The Morgan fingerprint density at radius 2 is 2.12 bits per heavy atom. The van der Waals surface area contributed by atoms with Gasteiger partial charge in [-0.1, -0.05) is 30.3 Å². The van der Waals surface area contributed by atoms with Gasteiger partial charge in [0.15, 0.2) is 0 Å². The van der Waals surface area contributed by atoms with Crippen molar-refractivity contribution < 1.29 is 4.79 Å². The van der Waals surface area contributed by atoms with E-state index < -0.39 is 0 Å². The Morgan fingerprint density at radius 3 is 2.69 bits per heavy atom. The summed E-state index contributed by atoms with van der Waals surface area (Å²) in [6.45, 7) is 0.640. The second kappa shape index (κ2) is 6.59. The molecule has 0 heterocycles. The normalized spacial score (nSPS) is 11.5. The van der Waals surface area contributed by atoms with Gasteiger partial charge in [-0.3, -0.25) is 4.79 Å². The fourth-order valence-corrected chi connectivity index (χ4v) is 1.44. The zero-order chi connectivity index (χ0) is 11.8. The summed E-state index contributed by atoms with van der Waals surface area (Å²) in [6, 6.07) is 11.4. The molecule has 1 aromatic carbocycles. The molecule has 4 nitrogen and oxygen atoms in total. The SMILES string of the molecule is N#CCCNC(=O)C(CN)c1ccccc1. The maximum absolute atomic E-state index is 11.7. The molecule has 0 aromatic heterocycles. The van der Waals surface area contributed by atoms with Crippen LogP contribution in [0, 0.1) is 11.3 Å². The smallest absolute Gasteiger partial charge is 0.228 e. The fraction of sp³-hybridized carbons (Fsp3) is 0.333. The van der Waals surface area contributed by atoms with Crippen LogP contribution in [0.3, 0.4) is 0 Å². The molecule has 16 heavy (non-hydrogen) atoms. The van der Waals surface area contributed by atoms with Crippen molar-refractivity contribution in [2.45, 2.75) is 12.3 Å². The van der Waals surface area contributed by atoms with E-state index in [2.05, 4.69) is 5.32 Å². The summed E-state index contributed by atoms with van der Waals surface area (Å²) in [5.41, 5.74) is 6.49. The van der Waals surface area contributed by atoms with E-state index in [9.17, 15) is 4.79 Å². The number of nitrogens with two attached hydrogens (primary N) is 1. The van der Waals surface area contributed by atoms with Gasteiger partial charge < -0.3 is 11.1 Å². The van der Waals surface area contributed by atoms with Crippen LogP contribution >= 0.6 is 0 Å². The topological polar surface area (TPSA) is 78.9 Å². The Morgan fingerprint density at radius 1 is 1.44 bits per heavy atom. The van der Waals surface area contributed by atoms with Gasteiger partial charge in [0, 0.05) is 13.1 Å². The molecule has 0 bridgehead atoms. The summed E-state index contributed by atoms with van der Waals surface area (Å²) in [7, 11) is 0. The molecule has 0 radical (unpaired) electrons. The van der Waals surface area contributed by atoms with Crippen LogP contribution in [-0.2, 0) is 4.79 Å². The summed E-state index contributed by atoms with van der Waals surface area (Å²) >= 11 is 0. The van der Waals surface area contributed by atoms with Crippen molar-refractivity contribution in [1.29, 1.82) is 5.26 Å². The molecule has 0 aliphatic rings. The van der Waals surface area contributed by atoms with Gasteiger partial charge in [-0.05, 0) is 5.56 Å². The Hall–Kier alpha value is -1.86. The van der Waals surface area contributed by atoms with Crippen molar-refractivity contribution in [3.05, 3.63) is 35.9 Å². The van der Waals surface area contributed by atoms with E-state index in [4.69, 9.17) is 11.0 Å². The lowest BCUT2D eigenvalue weighted by molar-refractivity contribution is -0.122. The molecule has 0 aliphatic heterocycles. The number of nitrogens with zero attached hydrogens (tertiary/aromatic N) is 1. The summed E-state index contributed by atoms with van der Waals surface area (Å²) in [5, 5.41) is 11.1. The second-order valence-corrected chi connectivity index (χ2v) is 3.40. The van der Waals surface area contributed by atoms with Crippen LogP contribution in [0.4, 0.5) is 0 Å². The van der Waals surface area contributed by atoms with Crippen molar-refractivity contribution in [2.75, 3.05) is 13.1 Å². The lowest BCUT2D eigenvalue weighted by atomic mass is 9.98. The van der Waals surface area contributed by atoms with Crippen LogP contribution in [0.25, 0.3) is 0 Å². The minimum absolute atomic E-state index is 0.121. The third kappa shape index (κ3) is 3.37. The third-order valence-electron chi connectivity index (χ3n) is 2.29. The third-order valence-corrected chi connectivity index (χ3v) is 2.29. The lowest BCUT2D eigenvalue weighted by Crippen LogP contribution is -2.33. The van der Waals surface area contributed by atoms with Crippen molar-refractivity contribution >= 4 is 5.91 Å². The standard InChI is InChI=1S/C12H15N3O/c13-7-4-8-15-12(16)11(9-14)10-5-2-1-3-6-10/h1-3,5-6,11H,4,8-9,14H2,(H,15,16). The number of nitrogens with one attached hydrogen (secondary N) is 1. The second-order valence-electron chi connectivity index (χ2n) is 3.40. The highest BCUT2D eigenvalue weighted by atomic mass is 16.1. The first kappa shape index (κ1) is 12.2. The molecular weight excluding hydrogens is 202 g/mol. The molecule has 0 spiro atoms. The van der Waals surface area contributed by atoms with Crippen LogP contribution in [0.1, 0.15) is 17.9 Å². The molecule has 1 unspecified atom stereocenters. The number of hydrogen-bond donors (Lipinski definition) is 2. The van der Waals surface area contributed by atoms with Gasteiger partial charge in [0.25, 0.3) is 0 Å². The molecule has 0 aliphatic carbocycles. The van der Waals surface area contributed by atoms with E-state index in [1.54, 1.807) is 0 Å². The number of carbonyl (C=O) groups is 1. The van der Waals surface area contributed by atoms with Crippen LogP contribution in [-0.4, -0.2) is 19.0 Å². The Kier molecular flexibility index (Phi) is 5.03. The highest BCUT2D eigenvalue weighted by molar-refractivity contribution is 5.83. The Balaban J connectivity index is 2.61. The quantitative estimate of drug-likeness (QED) is 0.714. The van der Waals surface area contributed by atoms with Crippen molar-refractivity contribution in [3.8, 4) is 6.07 Å². The molecule has 1 rings (SSSR count). The number of nitriles is 1. The number of benzene rings is 1. The maximum Gasteiger partial charge on any atom is 0.228 e. The number of carbonyl (C=O) groups excluding carboxylic acids is 1. The number of hydrogen-bond acceptors (Lipinski definition) is 3. The van der Waals surface area contributed by atoms with Crippen molar-refractivity contribution in [1.82, 2.24) is 5.32 Å². The van der Waals surface area contributed by atoms with Crippen LogP contribution in [0.5, 0.6) is 0 Å². The summed E-state index contributed by atoms with van der Waals surface area (Å²) in [4.78, 5) is 11.7. The summed E-state index contributed by atoms with van der Waals surface area (Å²) in [6.07, 6.45) is 0.317. The van der Waals surface area contributed by atoms with E-state index in [-0.39, 0.29) is 18.4 Å². The van der Waals surface area contributed by atoms with Crippen molar-refractivity contribution in [3.63, 3.8) is 0 Å². The van der Waals surface area contributed by atoms with Crippen molar-refractivity contribution in [2.24, 2.45) is 5.73 Å². The summed E-state index contributed by atoms with van der Waals surface area (Å²) < 4.78 is 0. The maximum atomic E-state index is 11.7. The van der Waals surface area contributed by atoms with Gasteiger partial charge in [-0.2, -0.15) is 5.26 Å². The van der Waals surface area contributed by atoms with Gasteiger partial charge in [0.2, 0.25) is 5.91 Å². The highest BCUT2D eigenvalue weighted by Gasteiger charge is 2.17.